The van der Waals surface area contributed by atoms with Gasteiger partial charge in [0.05, 0.1) is 5.39 Å². The Hall–Kier alpha value is -1.92. The zero-order valence-electron chi connectivity index (χ0n) is 14.6. The van der Waals surface area contributed by atoms with Crippen molar-refractivity contribution in [3.8, 4) is 0 Å². The molecule has 2 heterocycles. The highest BCUT2D eigenvalue weighted by molar-refractivity contribution is 6.04. The molecular weight excluding hydrogens is 340 g/mol. The largest absolute Gasteiger partial charge is 0.337 e. The fourth-order valence-corrected chi connectivity index (χ4v) is 3.12. The van der Waals surface area contributed by atoms with E-state index in [-0.39, 0.29) is 35.8 Å². The Bertz CT molecular complexity index is 810. The van der Waals surface area contributed by atoms with Gasteiger partial charge < -0.3 is 10.6 Å². The number of carbonyl (C=O) groups excluding carboxylic acids is 1. The first kappa shape index (κ1) is 19.4. The van der Waals surface area contributed by atoms with Crippen LogP contribution in [0.5, 0.6) is 0 Å². The fourth-order valence-electron chi connectivity index (χ4n) is 3.12. The summed E-state index contributed by atoms with van der Waals surface area (Å²) in [6, 6.07) is 7.37. The van der Waals surface area contributed by atoms with E-state index < -0.39 is 0 Å². The van der Waals surface area contributed by atoms with Crippen molar-refractivity contribution in [2.75, 3.05) is 13.1 Å². The number of carbonyl (C=O) groups is 1. The highest BCUT2D eigenvalue weighted by Gasteiger charge is 2.25. The summed E-state index contributed by atoms with van der Waals surface area (Å²) in [7, 11) is 0. The summed E-state index contributed by atoms with van der Waals surface area (Å²) in [5.41, 5.74) is 6.15. The van der Waals surface area contributed by atoms with Crippen molar-refractivity contribution in [3.05, 3.63) is 40.3 Å². The van der Waals surface area contributed by atoms with E-state index in [1.54, 1.807) is 17.0 Å². The van der Waals surface area contributed by atoms with Gasteiger partial charge in [-0.05, 0) is 24.8 Å². The van der Waals surface area contributed by atoms with Crippen LogP contribution in [-0.2, 0) is 6.54 Å². The summed E-state index contributed by atoms with van der Waals surface area (Å²) in [6.45, 7) is 5.82. The van der Waals surface area contributed by atoms with Crippen LogP contribution in [-0.4, -0.2) is 39.7 Å². The number of likely N-dealkylation sites (tertiary alicyclic amines) is 1. The second-order valence-electron chi connectivity index (χ2n) is 6.90. The van der Waals surface area contributed by atoms with E-state index in [0.717, 1.165) is 12.8 Å². The summed E-state index contributed by atoms with van der Waals surface area (Å²) >= 11 is 0. The Morgan fingerprint density at radius 2 is 1.84 bits per heavy atom. The average molecular weight is 365 g/mol. The number of rotatable bonds is 3. The first-order valence-corrected chi connectivity index (χ1v) is 8.52. The van der Waals surface area contributed by atoms with E-state index >= 15 is 0 Å². The van der Waals surface area contributed by atoms with Crippen LogP contribution in [0.1, 0.15) is 37.2 Å². The quantitative estimate of drug-likeness (QED) is 0.903. The molecule has 2 N–H and O–H groups in total. The third-order valence-electron chi connectivity index (χ3n) is 4.44. The summed E-state index contributed by atoms with van der Waals surface area (Å²) in [5.74, 6) is 0.155. The van der Waals surface area contributed by atoms with E-state index in [9.17, 15) is 9.59 Å². The molecule has 0 spiro atoms. The van der Waals surface area contributed by atoms with Crippen molar-refractivity contribution in [1.29, 1.82) is 0 Å². The summed E-state index contributed by atoms with van der Waals surface area (Å²) in [5, 5.41) is 5.59. The third kappa shape index (κ3) is 4.02. The molecule has 0 unspecified atom stereocenters. The van der Waals surface area contributed by atoms with Crippen LogP contribution in [0.15, 0.2) is 29.1 Å². The van der Waals surface area contributed by atoms with E-state index in [0.29, 0.717) is 36.1 Å². The van der Waals surface area contributed by atoms with Gasteiger partial charge in [0.25, 0.3) is 11.5 Å². The monoisotopic (exact) mass is 364 g/mol. The van der Waals surface area contributed by atoms with Crippen LogP contribution in [0.3, 0.4) is 0 Å². The van der Waals surface area contributed by atoms with Gasteiger partial charge in [0.2, 0.25) is 0 Å². The number of halogens is 1. The van der Waals surface area contributed by atoms with E-state index in [4.69, 9.17) is 5.73 Å². The maximum Gasteiger partial charge on any atom is 0.274 e. The van der Waals surface area contributed by atoms with Crippen molar-refractivity contribution in [2.24, 2.45) is 11.7 Å². The van der Waals surface area contributed by atoms with Crippen molar-refractivity contribution >= 4 is 29.1 Å². The van der Waals surface area contributed by atoms with Crippen molar-refractivity contribution in [2.45, 2.75) is 39.3 Å². The molecule has 2 aromatic rings. The highest BCUT2D eigenvalue weighted by atomic mass is 35.5. The molecule has 1 aliphatic rings. The predicted molar refractivity (Wildman–Crippen MR) is 101 cm³/mol. The predicted octanol–water partition coefficient (Wildman–Crippen LogP) is 2.04. The lowest BCUT2D eigenvalue weighted by molar-refractivity contribution is 0.0708. The normalized spacial score (nSPS) is 15.4. The van der Waals surface area contributed by atoms with Gasteiger partial charge in [0, 0.05) is 31.1 Å². The second kappa shape index (κ2) is 7.97. The number of hydrogen-bond acceptors (Lipinski definition) is 4. The molecule has 25 heavy (non-hydrogen) atoms. The SMILES string of the molecule is CC(C)Cn1nc(C(=O)N2CCC(N)CC2)c2ccccc2c1=O.Cl. The molecule has 136 valence electrons. The number of nitrogens with two attached hydrogens (primary N) is 1. The van der Waals surface area contributed by atoms with Crippen LogP contribution < -0.4 is 11.3 Å². The lowest BCUT2D eigenvalue weighted by Gasteiger charge is -2.30. The molecule has 1 aromatic carbocycles. The lowest BCUT2D eigenvalue weighted by Crippen LogP contribution is -2.43. The van der Waals surface area contributed by atoms with Gasteiger partial charge in [0.1, 0.15) is 0 Å². The van der Waals surface area contributed by atoms with Crippen LogP contribution in [0.25, 0.3) is 10.8 Å². The topological polar surface area (TPSA) is 81.2 Å². The van der Waals surface area contributed by atoms with Crippen LogP contribution in [0, 0.1) is 5.92 Å². The standard InChI is InChI=1S/C18H24N4O2.ClH/c1-12(2)11-22-17(23)15-6-4-3-5-14(15)16(20-22)18(24)21-9-7-13(19)8-10-21;/h3-6,12-13H,7-11,19H2,1-2H3;1H. The van der Waals surface area contributed by atoms with Crippen LogP contribution in [0.4, 0.5) is 0 Å². The second-order valence-corrected chi connectivity index (χ2v) is 6.90. The lowest BCUT2D eigenvalue weighted by atomic mass is 10.0. The van der Waals surface area contributed by atoms with Crippen molar-refractivity contribution in [1.82, 2.24) is 14.7 Å². The van der Waals surface area contributed by atoms with Gasteiger partial charge in [-0.1, -0.05) is 32.0 Å². The van der Waals surface area contributed by atoms with Crippen molar-refractivity contribution < 1.29 is 4.79 Å². The maximum atomic E-state index is 13.0. The molecule has 1 aromatic heterocycles. The molecule has 7 heteroatoms. The summed E-state index contributed by atoms with van der Waals surface area (Å²) in [6.07, 6.45) is 1.60. The van der Waals surface area contributed by atoms with Crippen LogP contribution >= 0.6 is 12.4 Å². The van der Waals surface area contributed by atoms with Gasteiger partial charge in [0.15, 0.2) is 5.69 Å². The van der Waals surface area contributed by atoms with Crippen molar-refractivity contribution in [3.63, 3.8) is 0 Å². The molecule has 1 fully saturated rings. The van der Waals surface area contributed by atoms with E-state index in [2.05, 4.69) is 5.10 Å². The van der Waals surface area contributed by atoms with Gasteiger partial charge in [-0.15, -0.1) is 12.4 Å². The number of aromatic nitrogens is 2. The van der Waals surface area contributed by atoms with Crippen LogP contribution in [0.2, 0.25) is 0 Å². The zero-order valence-corrected chi connectivity index (χ0v) is 15.5. The number of fused-ring (bicyclic) bond motifs is 1. The average Bonchev–Trinajstić information content (AvgIpc) is 2.57. The Morgan fingerprint density at radius 1 is 1.24 bits per heavy atom. The van der Waals surface area contributed by atoms with Gasteiger partial charge in [-0.25, -0.2) is 4.68 Å². The van der Waals surface area contributed by atoms with Gasteiger partial charge in [-0.3, -0.25) is 9.59 Å². The first-order valence-electron chi connectivity index (χ1n) is 8.52. The highest BCUT2D eigenvalue weighted by Crippen LogP contribution is 2.18. The minimum atomic E-state index is -0.142. The number of piperidine rings is 1. The van der Waals surface area contributed by atoms with E-state index in [1.807, 2.05) is 26.0 Å². The molecule has 1 saturated heterocycles. The molecule has 0 saturated carbocycles. The van der Waals surface area contributed by atoms with E-state index in [1.165, 1.54) is 4.68 Å². The Labute approximate surface area is 153 Å². The molecule has 3 rings (SSSR count). The number of hydrogen-bond donors (Lipinski definition) is 1. The minimum absolute atomic E-state index is 0. The molecule has 0 bridgehead atoms. The number of nitrogens with zero attached hydrogens (tertiary/aromatic N) is 3. The van der Waals surface area contributed by atoms with Gasteiger partial charge >= 0.3 is 0 Å². The molecule has 6 nitrogen and oxygen atoms in total. The molecule has 0 radical (unpaired) electrons. The third-order valence-corrected chi connectivity index (χ3v) is 4.44. The molecular formula is C18H25ClN4O2. The molecule has 1 amide bonds. The molecule has 0 aliphatic carbocycles. The minimum Gasteiger partial charge on any atom is -0.337 e. The molecule has 0 atom stereocenters. The summed E-state index contributed by atoms with van der Waals surface area (Å²) in [4.78, 5) is 27.4. The maximum absolute atomic E-state index is 13.0. The zero-order chi connectivity index (χ0) is 17.3. The number of amides is 1. The Kier molecular flexibility index (Phi) is 6.19. The first-order chi connectivity index (χ1) is 11.5. The summed E-state index contributed by atoms with van der Waals surface area (Å²) < 4.78 is 1.43. The van der Waals surface area contributed by atoms with Gasteiger partial charge in [-0.2, -0.15) is 5.10 Å². The fraction of sp³-hybridized carbons (Fsp3) is 0.500. The molecule has 1 aliphatic heterocycles. The smallest absolute Gasteiger partial charge is 0.274 e. The Balaban J connectivity index is 0.00000225. The Morgan fingerprint density at radius 3 is 2.44 bits per heavy atom. The number of benzene rings is 1.